The molecule has 0 aromatic rings. The maximum absolute atomic E-state index is 12.9. The molecule has 0 N–H and O–H groups in total. The van der Waals surface area contributed by atoms with Crippen LogP contribution in [0.1, 0.15) is 278 Å². The van der Waals surface area contributed by atoms with Crippen molar-refractivity contribution in [1.29, 1.82) is 0 Å². The lowest BCUT2D eigenvalue weighted by atomic mass is 10.1. The van der Waals surface area contributed by atoms with E-state index >= 15 is 0 Å². The lowest BCUT2D eigenvalue weighted by molar-refractivity contribution is -0.167. The summed E-state index contributed by atoms with van der Waals surface area (Å²) in [6.07, 6.45) is 82.2. The Morgan fingerprint density at radius 2 is 0.548 bits per heavy atom. The number of rotatable bonds is 54. The van der Waals surface area contributed by atoms with E-state index in [1.54, 1.807) is 0 Å². The molecule has 0 aromatic heterocycles. The molecule has 0 heterocycles. The number of carbonyl (C=O) groups excluding carboxylic acids is 3. The van der Waals surface area contributed by atoms with Crippen LogP contribution in [-0.2, 0) is 28.6 Å². The highest BCUT2D eigenvalue weighted by Crippen LogP contribution is 2.15. The summed E-state index contributed by atoms with van der Waals surface area (Å²) >= 11 is 0. The van der Waals surface area contributed by atoms with Gasteiger partial charge >= 0.3 is 17.9 Å². The van der Waals surface area contributed by atoms with Crippen LogP contribution in [0, 0.1) is 0 Å². The highest BCUT2D eigenvalue weighted by atomic mass is 16.6. The van der Waals surface area contributed by atoms with Crippen molar-refractivity contribution in [3.63, 3.8) is 0 Å². The third-order valence-corrected chi connectivity index (χ3v) is 12.7. The first-order valence-corrected chi connectivity index (χ1v) is 30.4. The van der Waals surface area contributed by atoms with Gasteiger partial charge in [-0.1, -0.05) is 246 Å². The van der Waals surface area contributed by atoms with Crippen molar-refractivity contribution in [2.45, 2.75) is 284 Å². The minimum absolute atomic E-state index is 0.0897. The molecule has 6 nitrogen and oxygen atoms in total. The van der Waals surface area contributed by atoms with Gasteiger partial charge in [-0.05, 0) is 122 Å². The average molecular weight is 1010 g/mol. The molecule has 0 spiro atoms. The Labute approximate surface area is 450 Å². The number of esters is 3. The zero-order valence-electron chi connectivity index (χ0n) is 47.6. The Morgan fingerprint density at radius 1 is 0.288 bits per heavy atom. The molecule has 0 aliphatic heterocycles. The van der Waals surface area contributed by atoms with Gasteiger partial charge < -0.3 is 14.2 Å². The number of unbranched alkanes of at least 4 members (excludes halogenated alkanes) is 25. The first kappa shape index (κ1) is 69.1. The van der Waals surface area contributed by atoms with Gasteiger partial charge in [0.1, 0.15) is 13.2 Å². The van der Waals surface area contributed by atoms with Crippen molar-refractivity contribution in [1.82, 2.24) is 0 Å². The largest absolute Gasteiger partial charge is 0.462 e. The van der Waals surface area contributed by atoms with Gasteiger partial charge in [-0.15, -0.1) is 0 Å². The smallest absolute Gasteiger partial charge is 0.306 e. The zero-order chi connectivity index (χ0) is 52.9. The van der Waals surface area contributed by atoms with Crippen LogP contribution in [0.25, 0.3) is 0 Å². The van der Waals surface area contributed by atoms with Crippen LogP contribution >= 0.6 is 0 Å². The summed E-state index contributed by atoms with van der Waals surface area (Å²) in [6, 6.07) is 0. The molecule has 0 aromatic carbocycles. The van der Waals surface area contributed by atoms with Crippen molar-refractivity contribution < 1.29 is 28.6 Å². The van der Waals surface area contributed by atoms with Crippen LogP contribution in [0.4, 0.5) is 0 Å². The number of hydrogen-bond donors (Lipinski definition) is 0. The van der Waals surface area contributed by atoms with E-state index < -0.39 is 6.10 Å². The van der Waals surface area contributed by atoms with Crippen LogP contribution in [-0.4, -0.2) is 37.2 Å². The zero-order valence-corrected chi connectivity index (χ0v) is 47.6. The van der Waals surface area contributed by atoms with Crippen LogP contribution in [0.5, 0.6) is 0 Å². The Kier molecular flexibility index (Phi) is 57.4. The van der Waals surface area contributed by atoms with E-state index in [1.807, 2.05) is 0 Å². The summed E-state index contributed by atoms with van der Waals surface area (Å²) in [5.41, 5.74) is 0. The van der Waals surface area contributed by atoms with E-state index in [4.69, 9.17) is 14.2 Å². The molecule has 1 atom stereocenters. The molecular formula is C67H112O6. The van der Waals surface area contributed by atoms with Crippen LogP contribution in [0.2, 0.25) is 0 Å². The van der Waals surface area contributed by atoms with E-state index in [-0.39, 0.29) is 31.1 Å². The summed E-state index contributed by atoms with van der Waals surface area (Å²) in [4.78, 5) is 38.2. The van der Waals surface area contributed by atoms with E-state index in [9.17, 15) is 14.4 Å². The predicted molar refractivity (Wildman–Crippen MR) is 316 cm³/mol. The minimum Gasteiger partial charge on any atom is -0.462 e. The monoisotopic (exact) mass is 1010 g/mol. The Balaban J connectivity index is 4.35. The third kappa shape index (κ3) is 58.8. The lowest BCUT2D eigenvalue weighted by Crippen LogP contribution is -2.30. The summed E-state index contributed by atoms with van der Waals surface area (Å²) in [6.45, 7) is 6.45. The second-order valence-corrected chi connectivity index (χ2v) is 19.9. The van der Waals surface area contributed by atoms with Gasteiger partial charge in [0.25, 0.3) is 0 Å². The van der Waals surface area contributed by atoms with E-state index in [0.717, 1.165) is 122 Å². The van der Waals surface area contributed by atoms with Gasteiger partial charge in [0.2, 0.25) is 0 Å². The molecule has 0 bridgehead atoms. The maximum atomic E-state index is 12.9. The first-order chi connectivity index (χ1) is 36.0. The second-order valence-electron chi connectivity index (χ2n) is 19.9. The van der Waals surface area contributed by atoms with Crippen LogP contribution < -0.4 is 0 Å². The topological polar surface area (TPSA) is 78.9 Å². The summed E-state index contributed by atoms with van der Waals surface area (Å²) in [7, 11) is 0. The average Bonchev–Trinajstić information content (AvgIpc) is 3.39. The fourth-order valence-electron chi connectivity index (χ4n) is 8.16. The van der Waals surface area contributed by atoms with Crippen molar-refractivity contribution in [3.05, 3.63) is 109 Å². The highest BCUT2D eigenvalue weighted by molar-refractivity contribution is 5.71. The van der Waals surface area contributed by atoms with Crippen molar-refractivity contribution in [3.8, 4) is 0 Å². The van der Waals surface area contributed by atoms with Gasteiger partial charge in [-0.3, -0.25) is 14.4 Å². The molecule has 0 radical (unpaired) electrons. The first-order valence-electron chi connectivity index (χ1n) is 30.4. The second kappa shape index (κ2) is 60.6. The molecule has 0 saturated carbocycles. The SMILES string of the molecule is CC/C=C\C/C=C\C/C=C\C/C=C\C/C=C\C/C=C\CCCCCCCCC(=O)OCC(COC(=O)CCCCCCC/C=C\CCCC)OC(=O)CCCCCCCCCCC/C=C\C/C=C\CCCCC. The predicted octanol–water partition coefficient (Wildman–Crippen LogP) is 20.7. The van der Waals surface area contributed by atoms with E-state index in [1.165, 1.54) is 116 Å². The third-order valence-electron chi connectivity index (χ3n) is 12.7. The van der Waals surface area contributed by atoms with Gasteiger partial charge in [-0.25, -0.2) is 0 Å². The van der Waals surface area contributed by atoms with Gasteiger partial charge in [0.05, 0.1) is 0 Å². The van der Waals surface area contributed by atoms with Gasteiger partial charge in [0.15, 0.2) is 6.10 Å². The Morgan fingerprint density at radius 3 is 0.890 bits per heavy atom. The molecule has 0 rings (SSSR count). The molecule has 73 heavy (non-hydrogen) atoms. The molecule has 6 heteroatoms. The van der Waals surface area contributed by atoms with Crippen LogP contribution in [0.3, 0.4) is 0 Å². The van der Waals surface area contributed by atoms with E-state index in [0.29, 0.717) is 19.3 Å². The molecule has 0 saturated heterocycles. The number of ether oxygens (including phenoxy) is 3. The molecule has 1 unspecified atom stereocenters. The minimum atomic E-state index is -0.792. The molecular weight excluding hydrogens is 901 g/mol. The fourth-order valence-corrected chi connectivity index (χ4v) is 8.16. The van der Waals surface area contributed by atoms with Gasteiger partial charge in [-0.2, -0.15) is 0 Å². The summed E-state index contributed by atoms with van der Waals surface area (Å²) < 4.78 is 16.9. The number of hydrogen-bond acceptors (Lipinski definition) is 6. The molecule has 0 amide bonds. The number of carbonyl (C=O) groups is 3. The fraction of sp³-hybridized carbons (Fsp3) is 0.687. The van der Waals surface area contributed by atoms with Crippen LogP contribution in [0.15, 0.2) is 109 Å². The maximum Gasteiger partial charge on any atom is 0.306 e. The van der Waals surface area contributed by atoms with Crippen molar-refractivity contribution >= 4 is 17.9 Å². The van der Waals surface area contributed by atoms with Crippen molar-refractivity contribution in [2.24, 2.45) is 0 Å². The normalized spacial score (nSPS) is 12.9. The summed E-state index contributed by atoms with van der Waals surface area (Å²) in [5.74, 6) is -0.915. The van der Waals surface area contributed by atoms with Gasteiger partial charge in [0, 0.05) is 19.3 Å². The standard InChI is InChI=1S/C67H112O6/c1-4-7-10-13-16-19-22-24-26-28-30-31-32-33-34-35-37-38-40-42-45-48-51-54-57-60-66(69)72-63-64(62-71-65(68)59-56-53-50-47-44-21-18-15-12-9-6-3)73-67(70)61-58-55-52-49-46-43-41-39-36-29-27-25-23-20-17-14-11-8-5-2/h7,10,15-20,24-27,30-31,33-34,37-38,64H,4-6,8-9,11-14,21-23,28-29,32,35-36,39-63H2,1-3H3/b10-7-,18-15-,19-16-,20-17-,26-24-,27-25-,31-30-,34-33-,38-37-. The molecule has 0 aliphatic carbocycles. The molecule has 0 aliphatic rings. The molecule has 416 valence electrons. The molecule has 0 fully saturated rings. The Bertz CT molecular complexity index is 1490. The quantitative estimate of drug-likeness (QED) is 0.0261. The number of allylic oxidation sites excluding steroid dienone is 18. The highest BCUT2D eigenvalue weighted by Gasteiger charge is 2.19. The van der Waals surface area contributed by atoms with Crippen molar-refractivity contribution in [2.75, 3.05) is 13.2 Å². The Hall–Kier alpha value is -3.93. The van der Waals surface area contributed by atoms with E-state index in [2.05, 4.69) is 130 Å². The summed E-state index contributed by atoms with van der Waals surface area (Å²) in [5, 5.41) is 0. The lowest BCUT2D eigenvalue weighted by Gasteiger charge is -2.18.